The van der Waals surface area contributed by atoms with E-state index in [9.17, 15) is 8.42 Å². The van der Waals surface area contributed by atoms with Crippen molar-refractivity contribution in [2.45, 2.75) is 62.3 Å². The van der Waals surface area contributed by atoms with E-state index >= 15 is 0 Å². The Labute approximate surface area is 125 Å². The van der Waals surface area contributed by atoms with Crippen molar-refractivity contribution in [3.8, 4) is 0 Å². The highest BCUT2D eigenvalue weighted by Gasteiger charge is 2.27. The number of hydrogen-bond donors (Lipinski definition) is 1. The Hall–Kier alpha value is -0.530. The summed E-state index contributed by atoms with van der Waals surface area (Å²) < 4.78 is 29.1. The molecule has 1 saturated carbocycles. The summed E-state index contributed by atoms with van der Waals surface area (Å²) in [7, 11) is -3.43. The predicted octanol–water partition coefficient (Wildman–Crippen LogP) is 2.25. The topological polar surface area (TPSA) is 64.0 Å². The van der Waals surface area contributed by atoms with Gasteiger partial charge in [-0.25, -0.2) is 13.1 Å². The molecule has 1 N–H and O–H groups in total. The first kappa shape index (κ1) is 15.9. The molecule has 1 aliphatic carbocycles. The monoisotopic (exact) mass is 317 g/mol. The number of sulfonamides is 1. The fourth-order valence-electron chi connectivity index (χ4n) is 2.58. The summed E-state index contributed by atoms with van der Waals surface area (Å²) in [5, 5.41) is 4.61. The van der Waals surface area contributed by atoms with Crippen molar-refractivity contribution in [3.05, 3.63) is 12.4 Å². The normalized spacial score (nSPS) is 23.9. The van der Waals surface area contributed by atoms with E-state index in [-0.39, 0.29) is 10.9 Å². The summed E-state index contributed by atoms with van der Waals surface area (Å²) in [6.07, 6.45) is 7.17. The molecule has 114 valence electrons. The molecule has 7 heteroatoms. The van der Waals surface area contributed by atoms with Gasteiger partial charge in [-0.3, -0.25) is 4.68 Å². The highest BCUT2D eigenvalue weighted by atomic mass is 32.2. The van der Waals surface area contributed by atoms with Gasteiger partial charge in [0.25, 0.3) is 0 Å². The number of rotatable bonds is 6. The minimum Gasteiger partial charge on any atom is -0.272 e. The molecular weight excluding hydrogens is 294 g/mol. The van der Waals surface area contributed by atoms with Gasteiger partial charge in [0, 0.05) is 24.0 Å². The SMILES string of the molecule is CCS[C@H]1CCC[C@@H](NS(=O)(=O)c2cnn(CC)c2)C1. The maximum atomic E-state index is 12.3. The van der Waals surface area contributed by atoms with E-state index in [2.05, 4.69) is 16.7 Å². The third-order valence-electron chi connectivity index (χ3n) is 3.59. The van der Waals surface area contributed by atoms with E-state index in [1.54, 1.807) is 10.9 Å². The second-order valence-corrected chi connectivity index (χ2v) is 8.39. The first-order chi connectivity index (χ1) is 9.55. The Morgan fingerprint density at radius 2 is 2.25 bits per heavy atom. The molecule has 0 spiro atoms. The molecule has 0 aromatic carbocycles. The number of aryl methyl sites for hydroxylation is 1. The molecule has 2 rings (SSSR count). The maximum Gasteiger partial charge on any atom is 0.243 e. The van der Waals surface area contributed by atoms with Gasteiger partial charge in [-0.1, -0.05) is 13.3 Å². The summed E-state index contributed by atoms with van der Waals surface area (Å²) in [5.41, 5.74) is 0. The van der Waals surface area contributed by atoms with Crippen LogP contribution < -0.4 is 4.72 Å². The van der Waals surface area contributed by atoms with Crippen LogP contribution in [-0.2, 0) is 16.6 Å². The molecule has 1 fully saturated rings. The van der Waals surface area contributed by atoms with Crippen molar-refractivity contribution in [1.29, 1.82) is 0 Å². The fourth-order valence-corrected chi connectivity index (χ4v) is 4.99. The molecule has 20 heavy (non-hydrogen) atoms. The third-order valence-corrected chi connectivity index (χ3v) is 6.30. The maximum absolute atomic E-state index is 12.3. The van der Waals surface area contributed by atoms with E-state index in [1.807, 2.05) is 18.7 Å². The lowest BCUT2D eigenvalue weighted by Crippen LogP contribution is -2.39. The van der Waals surface area contributed by atoms with E-state index in [1.165, 1.54) is 12.6 Å². The third kappa shape index (κ3) is 3.99. The number of hydrogen-bond acceptors (Lipinski definition) is 4. The van der Waals surface area contributed by atoms with Crippen LogP contribution >= 0.6 is 11.8 Å². The zero-order valence-electron chi connectivity index (χ0n) is 12.1. The zero-order valence-corrected chi connectivity index (χ0v) is 13.7. The van der Waals surface area contributed by atoms with Crippen LogP contribution in [0.2, 0.25) is 0 Å². The molecule has 1 aliphatic rings. The minimum atomic E-state index is -3.43. The van der Waals surface area contributed by atoms with E-state index < -0.39 is 10.0 Å². The molecule has 0 aliphatic heterocycles. The van der Waals surface area contributed by atoms with Crippen LogP contribution in [0.3, 0.4) is 0 Å². The Morgan fingerprint density at radius 1 is 1.45 bits per heavy atom. The van der Waals surface area contributed by atoms with Crippen LogP contribution in [0, 0.1) is 0 Å². The summed E-state index contributed by atoms with van der Waals surface area (Å²) in [4.78, 5) is 0.268. The quantitative estimate of drug-likeness (QED) is 0.874. The molecule has 2 atom stereocenters. The van der Waals surface area contributed by atoms with Crippen molar-refractivity contribution < 1.29 is 8.42 Å². The number of thioether (sulfide) groups is 1. The Bertz CT molecular complexity index is 525. The first-order valence-electron chi connectivity index (χ1n) is 7.21. The van der Waals surface area contributed by atoms with Crippen LogP contribution in [0.15, 0.2) is 17.3 Å². The Morgan fingerprint density at radius 3 is 2.90 bits per heavy atom. The molecule has 0 saturated heterocycles. The lowest BCUT2D eigenvalue weighted by atomic mass is 9.96. The summed E-state index contributed by atoms with van der Waals surface area (Å²) in [6.45, 7) is 4.76. The first-order valence-corrected chi connectivity index (χ1v) is 9.74. The van der Waals surface area contributed by atoms with Gasteiger partial charge in [-0.2, -0.15) is 16.9 Å². The van der Waals surface area contributed by atoms with Crippen LogP contribution in [0.25, 0.3) is 0 Å². The number of nitrogens with one attached hydrogen (secondary N) is 1. The van der Waals surface area contributed by atoms with Gasteiger partial charge >= 0.3 is 0 Å². The van der Waals surface area contributed by atoms with Crippen molar-refractivity contribution in [1.82, 2.24) is 14.5 Å². The van der Waals surface area contributed by atoms with Crippen LogP contribution in [0.5, 0.6) is 0 Å². The smallest absolute Gasteiger partial charge is 0.243 e. The van der Waals surface area contributed by atoms with Gasteiger partial charge in [0.2, 0.25) is 10.0 Å². The van der Waals surface area contributed by atoms with Crippen molar-refractivity contribution in [2.75, 3.05) is 5.75 Å². The van der Waals surface area contributed by atoms with E-state index in [4.69, 9.17) is 0 Å². The van der Waals surface area contributed by atoms with Gasteiger partial charge in [-0.05, 0) is 31.9 Å². The average Bonchev–Trinajstić information content (AvgIpc) is 2.88. The van der Waals surface area contributed by atoms with Crippen LogP contribution in [-0.4, -0.2) is 35.2 Å². The largest absolute Gasteiger partial charge is 0.272 e. The average molecular weight is 317 g/mol. The molecule has 0 amide bonds. The molecule has 0 unspecified atom stereocenters. The standard InChI is InChI=1S/C13H23N3O2S2/c1-3-16-10-13(9-14-16)20(17,18)15-11-6-5-7-12(8-11)19-4-2/h9-12,15H,3-8H2,1-2H3/t11-,12+/m1/s1. The van der Waals surface area contributed by atoms with Gasteiger partial charge in [0.15, 0.2) is 0 Å². The van der Waals surface area contributed by atoms with Gasteiger partial charge in [0.05, 0.1) is 6.20 Å². The summed E-state index contributed by atoms with van der Waals surface area (Å²) >= 11 is 1.93. The molecule has 0 radical (unpaired) electrons. The van der Waals surface area contributed by atoms with Gasteiger partial charge in [0.1, 0.15) is 4.90 Å². The molecule has 1 heterocycles. The van der Waals surface area contributed by atoms with Crippen LogP contribution in [0.1, 0.15) is 39.5 Å². The lowest BCUT2D eigenvalue weighted by molar-refractivity contribution is 0.420. The fraction of sp³-hybridized carbons (Fsp3) is 0.769. The molecule has 1 aromatic heterocycles. The minimum absolute atomic E-state index is 0.0581. The summed E-state index contributed by atoms with van der Waals surface area (Å²) in [6, 6.07) is 0.0581. The number of aromatic nitrogens is 2. The Kier molecular flexibility index (Phi) is 5.51. The van der Waals surface area contributed by atoms with Gasteiger partial charge < -0.3 is 0 Å². The summed E-state index contributed by atoms with van der Waals surface area (Å²) in [5.74, 6) is 1.09. The highest BCUT2D eigenvalue weighted by molar-refractivity contribution is 7.99. The van der Waals surface area contributed by atoms with Gasteiger partial charge in [-0.15, -0.1) is 0 Å². The predicted molar refractivity (Wildman–Crippen MR) is 82.4 cm³/mol. The second kappa shape index (κ2) is 6.95. The lowest BCUT2D eigenvalue weighted by Gasteiger charge is -2.28. The van der Waals surface area contributed by atoms with E-state index in [0.717, 1.165) is 25.0 Å². The number of nitrogens with zero attached hydrogens (tertiary/aromatic N) is 2. The highest BCUT2D eigenvalue weighted by Crippen LogP contribution is 2.29. The van der Waals surface area contributed by atoms with Crippen LogP contribution in [0.4, 0.5) is 0 Å². The van der Waals surface area contributed by atoms with Crippen molar-refractivity contribution in [2.24, 2.45) is 0 Å². The molecular formula is C13H23N3O2S2. The Balaban J connectivity index is 2.00. The van der Waals surface area contributed by atoms with E-state index in [0.29, 0.717) is 11.8 Å². The molecule has 0 bridgehead atoms. The molecule has 5 nitrogen and oxygen atoms in total. The van der Waals surface area contributed by atoms with Crippen molar-refractivity contribution in [3.63, 3.8) is 0 Å². The zero-order chi connectivity index (χ0) is 14.6. The van der Waals surface area contributed by atoms with Crippen molar-refractivity contribution >= 4 is 21.8 Å². The second-order valence-electron chi connectivity index (χ2n) is 5.09. The molecule has 1 aromatic rings.